The van der Waals surface area contributed by atoms with Gasteiger partial charge in [-0.05, 0) is 39.2 Å². The van der Waals surface area contributed by atoms with Crippen LogP contribution in [-0.2, 0) is 9.59 Å². The Bertz CT molecular complexity index is 709. The molecule has 26 heavy (non-hydrogen) atoms. The zero-order chi connectivity index (χ0) is 18.7. The van der Waals surface area contributed by atoms with Crippen LogP contribution in [0, 0.1) is 13.8 Å². The van der Waals surface area contributed by atoms with Crippen molar-refractivity contribution < 1.29 is 14.4 Å². The van der Waals surface area contributed by atoms with E-state index in [2.05, 4.69) is 26.1 Å². The Labute approximate surface area is 151 Å². The lowest BCUT2D eigenvalue weighted by molar-refractivity contribution is -0.131. The van der Waals surface area contributed by atoms with E-state index in [1.54, 1.807) is 0 Å². The molecule has 1 spiro atoms. The van der Waals surface area contributed by atoms with Crippen LogP contribution in [0.2, 0.25) is 0 Å². The van der Waals surface area contributed by atoms with Crippen LogP contribution in [0.4, 0.5) is 10.7 Å². The molecule has 1 aliphatic carbocycles. The Morgan fingerprint density at radius 2 is 1.88 bits per heavy atom. The monoisotopic (exact) mass is 360 g/mol. The van der Waals surface area contributed by atoms with E-state index >= 15 is 0 Å². The average molecular weight is 360 g/mol. The molecule has 9 nitrogen and oxygen atoms in total. The second kappa shape index (κ2) is 7.27. The summed E-state index contributed by atoms with van der Waals surface area (Å²) < 4.78 is 0. The molecular weight excluding hydrogens is 336 g/mol. The molecule has 3 N–H and O–H groups in total. The summed E-state index contributed by atoms with van der Waals surface area (Å²) in [4.78, 5) is 46.1. The lowest BCUT2D eigenvalue weighted by Gasteiger charge is -2.19. The first-order valence-corrected chi connectivity index (χ1v) is 8.91. The van der Waals surface area contributed by atoms with E-state index < -0.39 is 5.54 Å². The average Bonchev–Trinajstić information content (AvgIpc) is 3.13. The Balaban J connectivity index is 1.44. The van der Waals surface area contributed by atoms with E-state index in [9.17, 15) is 14.4 Å². The third-order valence-electron chi connectivity index (χ3n) is 4.78. The van der Waals surface area contributed by atoms with Crippen molar-refractivity contribution in [2.75, 3.05) is 12.0 Å². The number of urea groups is 1. The zero-order valence-corrected chi connectivity index (χ0v) is 15.1. The summed E-state index contributed by atoms with van der Waals surface area (Å²) in [5, 5.41) is 2.83. The van der Waals surface area contributed by atoms with Crippen molar-refractivity contribution in [2.45, 2.75) is 57.9 Å². The fourth-order valence-corrected chi connectivity index (χ4v) is 3.56. The maximum atomic E-state index is 12.5. The topological polar surface area (TPSA) is 116 Å². The molecule has 4 amide bonds. The van der Waals surface area contributed by atoms with Gasteiger partial charge in [-0.3, -0.25) is 25.3 Å². The van der Waals surface area contributed by atoms with Gasteiger partial charge >= 0.3 is 6.03 Å². The van der Waals surface area contributed by atoms with Gasteiger partial charge in [0.1, 0.15) is 5.54 Å². The zero-order valence-electron chi connectivity index (χ0n) is 15.1. The van der Waals surface area contributed by atoms with Crippen LogP contribution in [0.1, 0.15) is 49.9 Å². The fraction of sp³-hybridized carbons (Fsp3) is 0.588. The summed E-state index contributed by atoms with van der Waals surface area (Å²) in [6.45, 7) is 3.92. The first kappa shape index (κ1) is 18.1. The first-order valence-electron chi connectivity index (χ1n) is 8.91. The highest BCUT2D eigenvalue weighted by Crippen LogP contribution is 2.35. The van der Waals surface area contributed by atoms with Gasteiger partial charge in [0.25, 0.3) is 5.91 Å². The van der Waals surface area contributed by atoms with E-state index in [0.717, 1.165) is 24.2 Å². The molecule has 0 bridgehead atoms. The van der Waals surface area contributed by atoms with Gasteiger partial charge in [-0.25, -0.2) is 14.8 Å². The molecule has 2 fully saturated rings. The lowest BCUT2D eigenvalue weighted by atomic mass is 9.98. The third kappa shape index (κ3) is 3.76. The standard InChI is InChI=1S/C17H24N6O3/c1-11-10-12(2)19-15(18-11)22-21-13(24)6-5-9-23-14(25)17(20-16(23)26)7-3-4-8-17/h10H,3-9H2,1-2H3,(H,20,26)(H,21,24)(H,18,19,22). The number of imide groups is 1. The number of hydrazine groups is 1. The van der Waals surface area contributed by atoms with Crippen LogP contribution < -0.4 is 16.2 Å². The summed E-state index contributed by atoms with van der Waals surface area (Å²) in [7, 11) is 0. The third-order valence-corrected chi connectivity index (χ3v) is 4.78. The summed E-state index contributed by atoms with van der Waals surface area (Å²) in [5.41, 5.74) is 6.12. The number of hydrogen-bond donors (Lipinski definition) is 3. The summed E-state index contributed by atoms with van der Waals surface area (Å²) in [6.07, 6.45) is 3.89. The maximum Gasteiger partial charge on any atom is 0.325 e. The highest BCUT2D eigenvalue weighted by Gasteiger charge is 2.51. The molecule has 140 valence electrons. The highest BCUT2D eigenvalue weighted by molar-refractivity contribution is 6.07. The molecule has 1 aromatic heterocycles. The second-order valence-electron chi connectivity index (χ2n) is 6.93. The molecule has 0 radical (unpaired) electrons. The number of amides is 4. The number of hydrogen-bond acceptors (Lipinski definition) is 6. The molecule has 1 saturated heterocycles. The quantitative estimate of drug-likeness (QED) is 0.518. The van der Waals surface area contributed by atoms with Crippen molar-refractivity contribution in [1.29, 1.82) is 0 Å². The number of carbonyl (C=O) groups excluding carboxylic acids is 3. The molecular formula is C17H24N6O3. The molecule has 3 rings (SSSR count). The van der Waals surface area contributed by atoms with Crippen LogP contribution in [0.3, 0.4) is 0 Å². The number of nitrogens with zero attached hydrogens (tertiary/aromatic N) is 3. The molecule has 2 aliphatic rings. The predicted molar refractivity (Wildman–Crippen MR) is 93.9 cm³/mol. The van der Waals surface area contributed by atoms with Gasteiger partial charge in [-0.15, -0.1) is 0 Å². The number of aryl methyl sites for hydroxylation is 2. The van der Waals surface area contributed by atoms with Gasteiger partial charge < -0.3 is 5.32 Å². The summed E-state index contributed by atoms with van der Waals surface area (Å²) >= 11 is 0. The van der Waals surface area contributed by atoms with Crippen molar-refractivity contribution in [3.05, 3.63) is 17.5 Å². The van der Waals surface area contributed by atoms with E-state index in [-0.39, 0.29) is 30.8 Å². The molecule has 0 unspecified atom stereocenters. The van der Waals surface area contributed by atoms with Crippen LogP contribution in [0.5, 0.6) is 0 Å². The van der Waals surface area contributed by atoms with Gasteiger partial charge in [0, 0.05) is 24.4 Å². The fourth-order valence-electron chi connectivity index (χ4n) is 3.56. The second-order valence-corrected chi connectivity index (χ2v) is 6.93. The van der Waals surface area contributed by atoms with E-state index in [4.69, 9.17) is 0 Å². The minimum absolute atomic E-state index is 0.151. The molecule has 1 aliphatic heterocycles. The number of rotatable bonds is 6. The lowest BCUT2D eigenvalue weighted by Crippen LogP contribution is -2.44. The highest BCUT2D eigenvalue weighted by atomic mass is 16.2. The predicted octanol–water partition coefficient (Wildman–Crippen LogP) is 1.18. The van der Waals surface area contributed by atoms with Crippen LogP contribution >= 0.6 is 0 Å². The van der Waals surface area contributed by atoms with Gasteiger partial charge in [0.15, 0.2) is 0 Å². The Morgan fingerprint density at radius 1 is 1.23 bits per heavy atom. The molecule has 1 saturated carbocycles. The van der Waals surface area contributed by atoms with Crippen molar-refractivity contribution in [1.82, 2.24) is 25.6 Å². The van der Waals surface area contributed by atoms with Gasteiger partial charge in [0.2, 0.25) is 11.9 Å². The maximum absolute atomic E-state index is 12.5. The minimum atomic E-state index is -0.693. The SMILES string of the molecule is Cc1cc(C)nc(NNC(=O)CCCN2C(=O)NC3(CCCC3)C2=O)n1. The van der Waals surface area contributed by atoms with Crippen molar-refractivity contribution >= 4 is 23.8 Å². The largest absolute Gasteiger partial charge is 0.325 e. The minimum Gasteiger partial charge on any atom is -0.323 e. The van der Waals surface area contributed by atoms with E-state index in [1.165, 1.54) is 4.90 Å². The molecule has 0 atom stereocenters. The smallest absolute Gasteiger partial charge is 0.323 e. The van der Waals surface area contributed by atoms with Crippen LogP contribution in [0.25, 0.3) is 0 Å². The summed E-state index contributed by atoms with van der Waals surface area (Å²) in [5.74, 6) is -0.0781. The summed E-state index contributed by atoms with van der Waals surface area (Å²) in [6, 6.07) is 1.49. The van der Waals surface area contributed by atoms with E-state index in [1.807, 2.05) is 19.9 Å². The van der Waals surface area contributed by atoms with Crippen molar-refractivity contribution in [3.63, 3.8) is 0 Å². The first-order chi connectivity index (χ1) is 12.4. The van der Waals surface area contributed by atoms with E-state index in [0.29, 0.717) is 25.2 Å². The number of anilines is 1. The normalized spacial score (nSPS) is 18.3. The molecule has 9 heteroatoms. The van der Waals surface area contributed by atoms with Gasteiger partial charge in [-0.2, -0.15) is 0 Å². The number of nitrogens with one attached hydrogen (secondary N) is 3. The number of aromatic nitrogens is 2. The number of carbonyl (C=O) groups is 3. The van der Waals surface area contributed by atoms with Crippen molar-refractivity contribution in [3.8, 4) is 0 Å². The van der Waals surface area contributed by atoms with Gasteiger partial charge in [-0.1, -0.05) is 12.8 Å². The van der Waals surface area contributed by atoms with Gasteiger partial charge in [0.05, 0.1) is 0 Å². The molecule has 0 aromatic carbocycles. The van der Waals surface area contributed by atoms with Crippen LogP contribution in [0.15, 0.2) is 6.07 Å². The van der Waals surface area contributed by atoms with Crippen molar-refractivity contribution in [2.24, 2.45) is 0 Å². The molecule has 1 aromatic rings. The Kier molecular flexibility index (Phi) is 5.06. The van der Waals surface area contributed by atoms with Crippen LogP contribution in [-0.4, -0.2) is 44.8 Å². The Hall–Kier alpha value is -2.71. The molecule has 2 heterocycles. The Morgan fingerprint density at radius 3 is 2.54 bits per heavy atom.